The van der Waals surface area contributed by atoms with Crippen LogP contribution in [0.4, 0.5) is 0 Å². The Morgan fingerprint density at radius 2 is 2.11 bits per heavy atom. The summed E-state index contributed by atoms with van der Waals surface area (Å²) >= 11 is 0. The van der Waals surface area contributed by atoms with Gasteiger partial charge in [-0.3, -0.25) is 0 Å². The quantitative estimate of drug-likeness (QED) is 0.750. The van der Waals surface area contributed by atoms with Crippen molar-refractivity contribution in [2.45, 2.75) is 45.1 Å². The monoisotopic (exact) mass is 367 g/mol. The van der Waals surface area contributed by atoms with E-state index in [4.69, 9.17) is 9.62 Å². The number of hydrogen-bond acceptors (Lipinski definition) is 5. The molecule has 2 aromatic heterocycles. The van der Waals surface area contributed by atoms with E-state index in [0.29, 0.717) is 5.76 Å². The topological polar surface area (TPSA) is 77.9 Å². The summed E-state index contributed by atoms with van der Waals surface area (Å²) in [5, 5.41) is 12.2. The smallest absolute Gasteiger partial charge is 0.351 e. The summed E-state index contributed by atoms with van der Waals surface area (Å²) in [5.74, 6) is 1.95. The van der Waals surface area contributed by atoms with Gasteiger partial charge in [0.25, 0.3) is 0 Å². The fourth-order valence-corrected chi connectivity index (χ4v) is 3.51. The van der Waals surface area contributed by atoms with E-state index in [1.807, 2.05) is 36.4 Å². The standard InChI is InChI=1S/C20H25N5O2/c1-14(2)18-11-17(27-23-18)13-24-20(26)25(16-8-4-3-5-9-16)19(22-24)15-7-6-10-21-12-15/h3-5,8-9,11,14-15,21H,6-7,10,12-13H2,1-2H3/t15-/m0/s1. The largest absolute Gasteiger partial charge is 0.359 e. The average Bonchev–Trinajstić information content (AvgIpc) is 3.29. The third-order valence-corrected chi connectivity index (χ3v) is 5.02. The van der Waals surface area contributed by atoms with Crippen molar-refractivity contribution in [3.63, 3.8) is 0 Å². The molecule has 0 spiro atoms. The fraction of sp³-hybridized carbons (Fsp3) is 0.450. The molecule has 1 N–H and O–H groups in total. The molecular formula is C20H25N5O2. The number of piperidine rings is 1. The van der Waals surface area contributed by atoms with Crippen molar-refractivity contribution in [3.05, 3.63) is 64.2 Å². The zero-order chi connectivity index (χ0) is 18.8. The minimum atomic E-state index is -0.149. The molecule has 7 nitrogen and oxygen atoms in total. The van der Waals surface area contributed by atoms with E-state index in [-0.39, 0.29) is 24.1 Å². The second-order valence-corrected chi connectivity index (χ2v) is 7.39. The van der Waals surface area contributed by atoms with Gasteiger partial charge in [-0.05, 0) is 37.4 Å². The van der Waals surface area contributed by atoms with Crippen LogP contribution in [0.2, 0.25) is 0 Å². The Bertz CT molecular complexity index is 948. The first-order valence-corrected chi connectivity index (χ1v) is 9.55. The van der Waals surface area contributed by atoms with E-state index in [2.05, 4.69) is 24.3 Å². The summed E-state index contributed by atoms with van der Waals surface area (Å²) in [4.78, 5) is 13.2. The van der Waals surface area contributed by atoms with Gasteiger partial charge in [-0.25, -0.2) is 14.0 Å². The summed E-state index contributed by atoms with van der Waals surface area (Å²) in [5.41, 5.74) is 1.58. The van der Waals surface area contributed by atoms with E-state index in [1.165, 1.54) is 4.68 Å². The number of aromatic nitrogens is 4. The molecule has 0 bridgehead atoms. The Labute approximate surface area is 158 Å². The highest BCUT2D eigenvalue weighted by Crippen LogP contribution is 2.23. The molecule has 1 aliphatic rings. The highest BCUT2D eigenvalue weighted by atomic mass is 16.5. The predicted octanol–water partition coefficient (Wildman–Crippen LogP) is 2.66. The van der Waals surface area contributed by atoms with E-state index in [0.717, 1.165) is 43.1 Å². The molecule has 1 aliphatic heterocycles. The molecular weight excluding hydrogens is 342 g/mol. The van der Waals surface area contributed by atoms with Gasteiger partial charge in [0.1, 0.15) is 12.4 Å². The average molecular weight is 367 g/mol. The summed E-state index contributed by atoms with van der Waals surface area (Å²) < 4.78 is 8.64. The lowest BCUT2D eigenvalue weighted by Gasteiger charge is -2.22. The van der Waals surface area contributed by atoms with Crippen LogP contribution in [-0.4, -0.2) is 32.6 Å². The summed E-state index contributed by atoms with van der Waals surface area (Å²) in [6.45, 7) is 6.26. The van der Waals surface area contributed by atoms with Crippen LogP contribution in [0.15, 0.2) is 45.7 Å². The molecule has 1 atom stereocenters. The fourth-order valence-electron chi connectivity index (χ4n) is 3.51. The molecule has 0 radical (unpaired) electrons. The third-order valence-electron chi connectivity index (χ3n) is 5.02. The van der Waals surface area contributed by atoms with Gasteiger partial charge in [0.05, 0.1) is 11.4 Å². The Morgan fingerprint density at radius 1 is 1.30 bits per heavy atom. The van der Waals surface area contributed by atoms with Crippen LogP contribution in [0.3, 0.4) is 0 Å². The van der Waals surface area contributed by atoms with Crippen LogP contribution in [0.1, 0.15) is 55.8 Å². The lowest BCUT2D eigenvalue weighted by Crippen LogP contribution is -2.31. The molecule has 0 saturated carbocycles. The lowest BCUT2D eigenvalue weighted by atomic mass is 9.99. The Kier molecular flexibility index (Phi) is 4.94. The number of rotatable bonds is 5. The summed E-state index contributed by atoms with van der Waals surface area (Å²) in [7, 11) is 0. The van der Waals surface area contributed by atoms with Gasteiger partial charge in [-0.15, -0.1) is 0 Å². The second-order valence-electron chi connectivity index (χ2n) is 7.39. The van der Waals surface area contributed by atoms with Crippen LogP contribution in [-0.2, 0) is 6.54 Å². The predicted molar refractivity (Wildman–Crippen MR) is 102 cm³/mol. The number of para-hydroxylation sites is 1. The van der Waals surface area contributed by atoms with Crippen LogP contribution in [0.5, 0.6) is 0 Å². The molecule has 1 fully saturated rings. The third kappa shape index (κ3) is 3.60. The lowest BCUT2D eigenvalue weighted by molar-refractivity contribution is 0.361. The van der Waals surface area contributed by atoms with Crippen molar-refractivity contribution in [2.24, 2.45) is 0 Å². The molecule has 1 saturated heterocycles. The van der Waals surface area contributed by atoms with Gasteiger partial charge < -0.3 is 9.84 Å². The van der Waals surface area contributed by atoms with Crippen molar-refractivity contribution in [1.82, 2.24) is 24.8 Å². The normalized spacial score (nSPS) is 17.5. The number of hydrogen-bond donors (Lipinski definition) is 1. The van der Waals surface area contributed by atoms with Gasteiger partial charge in [-0.1, -0.05) is 37.2 Å². The molecule has 142 valence electrons. The van der Waals surface area contributed by atoms with Crippen LogP contribution in [0, 0.1) is 0 Å². The van der Waals surface area contributed by atoms with Crippen molar-refractivity contribution in [3.8, 4) is 5.69 Å². The van der Waals surface area contributed by atoms with Gasteiger partial charge >= 0.3 is 5.69 Å². The van der Waals surface area contributed by atoms with Gasteiger partial charge in [0.2, 0.25) is 0 Å². The van der Waals surface area contributed by atoms with Crippen LogP contribution < -0.4 is 11.0 Å². The van der Waals surface area contributed by atoms with E-state index in [1.54, 1.807) is 4.57 Å². The molecule has 0 unspecified atom stereocenters. The molecule has 3 aromatic rings. The highest BCUT2D eigenvalue weighted by molar-refractivity contribution is 5.33. The van der Waals surface area contributed by atoms with Crippen LogP contribution in [0.25, 0.3) is 5.69 Å². The van der Waals surface area contributed by atoms with Crippen molar-refractivity contribution >= 4 is 0 Å². The zero-order valence-corrected chi connectivity index (χ0v) is 15.8. The Morgan fingerprint density at radius 3 is 2.78 bits per heavy atom. The van der Waals surface area contributed by atoms with Gasteiger partial charge in [0.15, 0.2) is 5.76 Å². The van der Waals surface area contributed by atoms with Crippen molar-refractivity contribution in [2.75, 3.05) is 13.1 Å². The number of nitrogens with zero attached hydrogens (tertiary/aromatic N) is 4. The number of benzene rings is 1. The first-order chi connectivity index (χ1) is 13.1. The van der Waals surface area contributed by atoms with E-state index >= 15 is 0 Å². The maximum Gasteiger partial charge on any atom is 0.351 e. The van der Waals surface area contributed by atoms with Gasteiger partial charge in [0, 0.05) is 18.5 Å². The Hall–Kier alpha value is -2.67. The minimum Gasteiger partial charge on any atom is -0.359 e. The maximum atomic E-state index is 13.2. The Balaban J connectivity index is 1.73. The molecule has 3 heterocycles. The van der Waals surface area contributed by atoms with E-state index in [9.17, 15) is 4.79 Å². The van der Waals surface area contributed by atoms with Crippen molar-refractivity contribution < 1.29 is 4.52 Å². The summed E-state index contributed by atoms with van der Waals surface area (Å²) in [6, 6.07) is 11.6. The second kappa shape index (κ2) is 7.52. The SMILES string of the molecule is CC(C)c1cc(Cn2nc([C@H]3CCCNC3)n(-c3ccccc3)c2=O)on1. The molecule has 0 aliphatic carbocycles. The van der Waals surface area contributed by atoms with E-state index < -0.39 is 0 Å². The maximum absolute atomic E-state index is 13.2. The molecule has 7 heteroatoms. The first kappa shape index (κ1) is 17.7. The number of nitrogens with one attached hydrogen (secondary N) is 1. The first-order valence-electron chi connectivity index (χ1n) is 9.55. The molecule has 27 heavy (non-hydrogen) atoms. The molecule has 1 aromatic carbocycles. The minimum absolute atomic E-state index is 0.149. The van der Waals surface area contributed by atoms with Crippen molar-refractivity contribution in [1.29, 1.82) is 0 Å². The molecule has 4 rings (SSSR count). The zero-order valence-electron chi connectivity index (χ0n) is 15.8. The van der Waals surface area contributed by atoms with Crippen LogP contribution >= 0.6 is 0 Å². The molecule has 0 amide bonds. The van der Waals surface area contributed by atoms with Gasteiger partial charge in [-0.2, -0.15) is 5.10 Å². The highest BCUT2D eigenvalue weighted by Gasteiger charge is 2.25. The summed E-state index contributed by atoms with van der Waals surface area (Å²) in [6.07, 6.45) is 2.11.